The van der Waals surface area contributed by atoms with Crippen molar-refractivity contribution in [3.8, 4) is 0 Å². The van der Waals surface area contributed by atoms with Crippen molar-refractivity contribution in [3.05, 3.63) is 81.1 Å². The molecule has 0 amide bonds. The first kappa shape index (κ1) is 19.2. The van der Waals surface area contributed by atoms with Gasteiger partial charge in [0.25, 0.3) is 5.56 Å². The van der Waals surface area contributed by atoms with Crippen LogP contribution in [0.4, 0.5) is 17.2 Å². The molecule has 1 aromatic heterocycles. The topological polar surface area (TPSA) is 63.1 Å². The zero-order valence-electron chi connectivity index (χ0n) is 15.2. The summed E-state index contributed by atoms with van der Waals surface area (Å²) in [7, 11) is 0.190. The molecule has 0 saturated carbocycles. The number of nitrogens with one attached hydrogen (secondary N) is 2. The first-order valence-corrected chi connectivity index (χ1v) is 9.87. The van der Waals surface area contributed by atoms with E-state index in [1.807, 2.05) is 43.3 Å². The van der Waals surface area contributed by atoms with Crippen LogP contribution in [0.5, 0.6) is 0 Å². The molecule has 0 fully saturated rings. The first-order chi connectivity index (χ1) is 12.9. The number of rotatable bonds is 5. The summed E-state index contributed by atoms with van der Waals surface area (Å²) in [5, 5.41) is 3.74. The van der Waals surface area contributed by atoms with Crippen LogP contribution < -0.4 is 15.6 Å². The highest BCUT2D eigenvalue weighted by Crippen LogP contribution is 2.30. The van der Waals surface area contributed by atoms with Crippen LogP contribution in [0.3, 0.4) is 0 Å². The third-order valence-corrected chi connectivity index (χ3v) is 5.55. The molecule has 0 bridgehead atoms. The van der Waals surface area contributed by atoms with E-state index in [0.717, 1.165) is 5.56 Å². The molecular weight excluding hydrogens is 382 g/mol. The molecular formula is C20H20ClN3O2S. The number of aromatic nitrogens is 1. The van der Waals surface area contributed by atoms with E-state index in [0.29, 0.717) is 32.7 Å². The molecule has 0 aliphatic rings. The van der Waals surface area contributed by atoms with Crippen molar-refractivity contribution in [3.63, 3.8) is 0 Å². The summed E-state index contributed by atoms with van der Waals surface area (Å²) < 4.78 is 17.2. The van der Waals surface area contributed by atoms with E-state index in [-0.39, 0.29) is 5.56 Å². The molecule has 3 rings (SSSR count). The molecule has 2 aromatic carbocycles. The minimum Gasteiger partial charge on any atom is -0.339 e. The number of hydrogen-bond donors (Lipinski definition) is 2. The summed E-state index contributed by atoms with van der Waals surface area (Å²) in [5.74, 6) is 0.487. The Hall–Kier alpha value is -2.57. The average molecular weight is 402 g/mol. The highest BCUT2D eigenvalue weighted by Gasteiger charge is 2.15. The van der Waals surface area contributed by atoms with E-state index in [1.165, 1.54) is 4.57 Å². The zero-order valence-corrected chi connectivity index (χ0v) is 16.8. The van der Waals surface area contributed by atoms with Crippen molar-refractivity contribution >= 4 is 39.8 Å². The SMILES string of the molecule is Cc1ccc(Nc2c(NS(=O)c3ccccc3)cc(C)c(=O)n2C)c(Cl)c1. The molecule has 3 aromatic rings. The molecule has 7 heteroatoms. The van der Waals surface area contributed by atoms with Gasteiger partial charge in [0.05, 0.1) is 21.3 Å². The third-order valence-electron chi connectivity index (χ3n) is 4.13. The highest BCUT2D eigenvalue weighted by molar-refractivity contribution is 7.86. The van der Waals surface area contributed by atoms with Gasteiger partial charge >= 0.3 is 0 Å². The zero-order chi connectivity index (χ0) is 19.6. The quantitative estimate of drug-likeness (QED) is 0.660. The van der Waals surface area contributed by atoms with E-state index in [9.17, 15) is 9.00 Å². The molecule has 1 heterocycles. The number of benzene rings is 2. The van der Waals surface area contributed by atoms with Gasteiger partial charge in [0.2, 0.25) is 0 Å². The van der Waals surface area contributed by atoms with Crippen molar-refractivity contribution in [2.45, 2.75) is 18.7 Å². The van der Waals surface area contributed by atoms with Crippen LogP contribution in [0.1, 0.15) is 11.1 Å². The van der Waals surface area contributed by atoms with Gasteiger partial charge in [0.1, 0.15) is 16.8 Å². The molecule has 5 nitrogen and oxygen atoms in total. The van der Waals surface area contributed by atoms with Crippen molar-refractivity contribution in [2.75, 3.05) is 10.0 Å². The van der Waals surface area contributed by atoms with Gasteiger partial charge in [-0.15, -0.1) is 0 Å². The second-order valence-electron chi connectivity index (χ2n) is 6.25. The third kappa shape index (κ3) is 4.23. The van der Waals surface area contributed by atoms with Crippen molar-refractivity contribution in [1.82, 2.24) is 4.57 Å². The Morgan fingerprint density at radius 3 is 2.37 bits per heavy atom. The molecule has 0 saturated heterocycles. The fraction of sp³-hybridized carbons (Fsp3) is 0.150. The van der Waals surface area contributed by atoms with Crippen LogP contribution in [0.2, 0.25) is 5.02 Å². The second-order valence-corrected chi connectivity index (χ2v) is 7.87. The van der Waals surface area contributed by atoms with Crippen LogP contribution in [0, 0.1) is 13.8 Å². The maximum Gasteiger partial charge on any atom is 0.254 e. The standard InChI is InChI=1S/C20H20ClN3O2S/c1-13-9-10-17(16(21)11-13)22-19-18(12-14(2)20(25)24(19)3)23-27(26)15-7-5-4-6-8-15/h4-12,22-23H,1-3H3. The van der Waals surface area contributed by atoms with Gasteiger partial charge in [-0.2, -0.15) is 0 Å². The molecule has 2 N–H and O–H groups in total. The van der Waals surface area contributed by atoms with Crippen molar-refractivity contribution < 1.29 is 4.21 Å². The Morgan fingerprint density at radius 1 is 1.00 bits per heavy atom. The molecule has 140 valence electrons. The van der Waals surface area contributed by atoms with Crippen LogP contribution in [0.25, 0.3) is 0 Å². The van der Waals surface area contributed by atoms with Gasteiger partial charge in [-0.1, -0.05) is 35.9 Å². The van der Waals surface area contributed by atoms with Gasteiger partial charge in [0, 0.05) is 12.6 Å². The van der Waals surface area contributed by atoms with E-state index in [1.54, 1.807) is 32.2 Å². The lowest BCUT2D eigenvalue weighted by molar-refractivity contribution is 0.686. The van der Waals surface area contributed by atoms with Crippen LogP contribution in [0.15, 0.2) is 64.3 Å². The first-order valence-electron chi connectivity index (χ1n) is 8.34. The molecule has 1 atom stereocenters. The lowest BCUT2D eigenvalue weighted by atomic mass is 10.2. The fourth-order valence-electron chi connectivity index (χ4n) is 2.67. The van der Waals surface area contributed by atoms with E-state index < -0.39 is 11.0 Å². The molecule has 0 radical (unpaired) electrons. The average Bonchev–Trinajstić information content (AvgIpc) is 2.65. The lowest BCUT2D eigenvalue weighted by Crippen LogP contribution is -2.23. The Kier molecular flexibility index (Phi) is 5.68. The molecule has 0 spiro atoms. The predicted molar refractivity (Wildman–Crippen MR) is 112 cm³/mol. The Morgan fingerprint density at radius 2 is 1.70 bits per heavy atom. The van der Waals surface area contributed by atoms with Crippen LogP contribution in [-0.2, 0) is 18.0 Å². The smallest absolute Gasteiger partial charge is 0.254 e. The maximum absolute atomic E-state index is 12.7. The van der Waals surface area contributed by atoms with Crippen molar-refractivity contribution in [2.24, 2.45) is 7.05 Å². The summed E-state index contributed by atoms with van der Waals surface area (Å²) in [4.78, 5) is 13.1. The molecule has 27 heavy (non-hydrogen) atoms. The molecule has 1 unspecified atom stereocenters. The van der Waals surface area contributed by atoms with Gasteiger partial charge < -0.3 is 5.32 Å². The van der Waals surface area contributed by atoms with E-state index in [4.69, 9.17) is 11.6 Å². The number of anilines is 3. The van der Waals surface area contributed by atoms with Gasteiger partial charge in [-0.05, 0) is 49.7 Å². The van der Waals surface area contributed by atoms with Crippen LogP contribution >= 0.6 is 11.6 Å². The van der Waals surface area contributed by atoms with Gasteiger partial charge in [0.15, 0.2) is 0 Å². The number of hydrogen-bond acceptors (Lipinski definition) is 3. The summed E-state index contributed by atoms with van der Waals surface area (Å²) >= 11 is 6.33. The molecule has 0 aliphatic heterocycles. The number of halogens is 1. The minimum atomic E-state index is -1.47. The van der Waals surface area contributed by atoms with Crippen LogP contribution in [-0.4, -0.2) is 8.78 Å². The Bertz CT molecular complexity index is 1060. The normalized spacial score (nSPS) is 11.9. The highest BCUT2D eigenvalue weighted by atomic mass is 35.5. The number of pyridine rings is 1. The lowest BCUT2D eigenvalue weighted by Gasteiger charge is -2.18. The van der Waals surface area contributed by atoms with Gasteiger partial charge in [-0.3, -0.25) is 14.1 Å². The summed E-state index contributed by atoms with van der Waals surface area (Å²) in [6.45, 7) is 3.68. The fourth-order valence-corrected chi connectivity index (χ4v) is 3.83. The predicted octanol–water partition coefficient (Wildman–Crippen LogP) is 4.53. The van der Waals surface area contributed by atoms with Gasteiger partial charge in [-0.25, -0.2) is 4.21 Å². The number of aryl methyl sites for hydroxylation is 2. The monoisotopic (exact) mass is 401 g/mol. The Labute approximate surface area is 165 Å². The van der Waals surface area contributed by atoms with Crippen molar-refractivity contribution in [1.29, 1.82) is 0 Å². The largest absolute Gasteiger partial charge is 0.339 e. The minimum absolute atomic E-state index is 0.142. The van der Waals surface area contributed by atoms with E-state index >= 15 is 0 Å². The Balaban J connectivity index is 2.03. The second kappa shape index (κ2) is 7.98. The summed E-state index contributed by atoms with van der Waals surface area (Å²) in [5.41, 5.74) is 2.65. The maximum atomic E-state index is 12.7. The number of nitrogens with zero attached hydrogens (tertiary/aromatic N) is 1. The van der Waals surface area contributed by atoms with E-state index in [2.05, 4.69) is 10.0 Å². The summed E-state index contributed by atoms with van der Waals surface area (Å²) in [6, 6.07) is 16.4. The summed E-state index contributed by atoms with van der Waals surface area (Å²) in [6.07, 6.45) is 0. The molecule has 0 aliphatic carbocycles.